The molecule has 0 atom stereocenters. The summed E-state index contributed by atoms with van der Waals surface area (Å²) in [5, 5.41) is 0. The molecule has 0 spiro atoms. The van der Waals surface area contributed by atoms with Gasteiger partial charge in [0.1, 0.15) is 12.4 Å². The van der Waals surface area contributed by atoms with Gasteiger partial charge in [-0.15, -0.1) is 0 Å². The highest BCUT2D eigenvalue weighted by molar-refractivity contribution is 9.10. The van der Waals surface area contributed by atoms with Crippen molar-refractivity contribution in [2.24, 2.45) is 5.73 Å². The molecule has 3 nitrogen and oxygen atoms in total. The first-order chi connectivity index (χ1) is 8.27. The molecule has 0 fully saturated rings. The smallest absolute Gasteiger partial charge is 0.133 e. The minimum Gasteiger partial charge on any atom is -0.490 e. The minimum absolute atomic E-state index is 0.541. The molecule has 0 bridgehead atoms. The van der Waals surface area contributed by atoms with Crippen LogP contribution in [0.25, 0.3) is 0 Å². The maximum absolute atomic E-state index is 5.60. The van der Waals surface area contributed by atoms with Gasteiger partial charge in [-0.25, -0.2) is 0 Å². The fraction of sp³-hybridized carbons (Fsp3) is 0.538. The Hall–Kier alpha value is -0.580. The fourth-order valence-electron chi connectivity index (χ4n) is 1.35. The van der Waals surface area contributed by atoms with Crippen LogP contribution in [0, 0.1) is 0 Å². The summed E-state index contributed by atoms with van der Waals surface area (Å²) in [6, 6.07) is 5.88. The van der Waals surface area contributed by atoms with E-state index in [0.717, 1.165) is 35.2 Å². The van der Waals surface area contributed by atoms with Crippen molar-refractivity contribution in [3.05, 3.63) is 28.2 Å². The number of hydrogen-bond donors (Lipinski definition) is 1. The van der Waals surface area contributed by atoms with Gasteiger partial charge in [0, 0.05) is 13.2 Å². The predicted octanol–water partition coefficient (Wildman–Crippen LogP) is 3.10. The quantitative estimate of drug-likeness (QED) is 0.750. The van der Waals surface area contributed by atoms with E-state index in [2.05, 4.69) is 22.9 Å². The van der Waals surface area contributed by atoms with Crippen LogP contribution in [-0.4, -0.2) is 19.8 Å². The summed E-state index contributed by atoms with van der Waals surface area (Å²) in [4.78, 5) is 0. The molecule has 0 saturated heterocycles. The normalized spacial score (nSPS) is 10.5. The van der Waals surface area contributed by atoms with E-state index in [-0.39, 0.29) is 0 Å². The Morgan fingerprint density at radius 3 is 2.71 bits per heavy atom. The molecular formula is C13H20BrNO2. The lowest BCUT2D eigenvalue weighted by Crippen LogP contribution is -2.08. The second-order valence-electron chi connectivity index (χ2n) is 3.78. The summed E-state index contributed by atoms with van der Waals surface area (Å²) in [5.74, 6) is 0.835. The maximum Gasteiger partial charge on any atom is 0.133 e. The van der Waals surface area contributed by atoms with Crippen LogP contribution in [-0.2, 0) is 11.3 Å². The number of ether oxygens (including phenoxy) is 2. The van der Waals surface area contributed by atoms with Crippen molar-refractivity contribution in [1.29, 1.82) is 0 Å². The molecule has 0 unspecified atom stereocenters. The third-order valence-corrected chi connectivity index (χ3v) is 2.98. The summed E-state index contributed by atoms with van der Waals surface area (Å²) in [6.07, 6.45) is 2.27. The van der Waals surface area contributed by atoms with Crippen LogP contribution in [0.5, 0.6) is 5.75 Å². The van der Waals surface area contributed by atoms with Crippen LogP contribution in [0.4, 0.5) is 0 Å². The topological polar surface area (TPSA) is 44.5 Å². The highest BCUT2D eigenvalue weighted by atomic mass is 79.9. The second kappa shape index (κ2) is 8.50. The van der Waals surface area contributed by atoms with E-state index >= 15 is 0 Å². The predicted molar refractivity (Wildman–Crippen MR) is 73.3 cm³/mol. The molecule has 1 rings (SSSR count). The van der Waals surface area contributed by atoms with Gasteiger partial charge in [0.15, 0.2) is 0 Å². The average Bonchev–Trinajstić information content (AvgIpc) is 2.35. The Balaban J connectivity index is 2.27. The largest absolute Gasteiger partial charge is 0.490 e. The van der Waals surface area contributed by atoms with Gasteiger partial charge in [0.05, 0.1) is 11.1 Å². The number of unbranched alkanes of at least 4 members (excludes halogenated alkanes) is 1. The standard InChI is InChI=1S/C13H20BrNO2/c1-2-3-6-16-7-8-17-13-5-4-11(10-15)9-12(13)14/h4-5,9H,2-3,6-8,10,15H2,1H3. The lowest BCUT2D eigenvalue weighted by atomic mass is 10.2. The van der Waals surface area contributed by atoms with Crippen LogP contribution in [0.15, 0.2) is 22.7 Å². The zero-order valence-corrected chi connectivity index (χ0v) is 11.8. The number of rotatable bonds is 8. The molecule has 1 aromatic carbocycles. The highest BCUT2D eigenvalue weighted by Gasteiger charge is 2.01. The van der Waals surface area contributed by atoms with Crippen LogP contribution in [0.3, 0.4) is 0 Å². The van der Waals surface area contributed by atoms with Gasteiger partial charge < -0.3 is 15.2 Å². The molecule has 0 radical (unpaired) electrons. The Morgan fingerprint density at radius 2 is 2.06 bits per heavy atom. The first kappa shape index (κ1) is 14.5. The van der Waals surface area contributed by atoms with E-state index < -0.39 is 0 Å². The second-order valence-corrected chi connectivity index (χ2v) is 4.64. The van der Waals surface area contributed by atoms with Gasteiger partial charge in [-0.1, -0.05) is 19.4 Å². The monoisotopic (exact) mass is 301 g/mol. The maximum atomic E-state index is 5.60. The van der Waals surface area contributed by atoms with Crippen LogP contribution in [0.2, 0.25) is 0 Å². The zero-order chi connectivity index (χ0) is 12.5. The van der Waals surface area contributed by atoms with Gasteiger partial charge in [0.2, 0.25) is 0 Å². The van der Waals surface area contributed by atoms with Crippen LogP contribution in [0.1, 0.15) is 25.3 Å². The summed E-state index contributed by atoms with van der Waals surface area (Å²) < 4.78 is 12.0. The molecule has 0 aliphatic rings. The Morgan fingerprint density at radius 1 is 1.24 bits per heavy atom. The molecule has 0 heterocycles. The number of hydrogen-bond acceptors (Lipinski definition) is 3. The molecule has 0 aromatic heterocycles. The lowest BCUT2D eigenvalue weighted by molar-refractivity contribution is 0.0978. The van der Waals surface area contributed by atoms with E-state index in [1.54, 1.807) is 0 Å². The van der Waals surface area contributed by atoms with Crippen molar-refractivity contribution < 1.29 is 9.47 Å². The third kappa shape index (κ3) is 5.52. The van der Waals surface area contributed by atoms with E-state index in [0.29, 0.717) is 19.8 Å². The molecule has 1 aromatic rings. The summed E-state index contributed by atoms with van der Waals surface area (Å²) in [7, 11) is 0. The van der Waals surface area contributed by atoms with Crippen molar-refractivity contribution >= 4 is 15.9 Å². The van der Waals surface area contributed by atoms with Crippen molar-refractivity contribution in [1.82, 2.24) is 0 Å². The highest BCUT2D eigenvalue weighted by Crippen LogP contribution is 2.25. The van der Waals surface area contributed by atoms with E-state index in [1.165, 1.54) is 0 Å². The summed E-state index contributed by atoms with van der Waals surface area (Å²) >= 11 is 3.46. The van der Waals surface area contributed by atoms with Crippen molar-refractivity contribution in [2.45, 2.75) is 26.3 Å². The van der Waals surface area contributed by atoms with Crippen LogP contribution >= 0.6 is 15.9 Å². The third-order valence-electron chi connectivity index (χ3n) is 2.36. The fourth-order valence-corrected chi connectivity index (χ4v) is 1.89. The molecule has 0 saturated carbocycles. The molecule has 4 heteroatoms. The van der Waals surface area contributed by atoms with E-state index in [9.17, 15) is 0 Å². The molecular weight excluding hydrogens is 282 g/mol. The molecule has 17 heavy (non-hydrogen) atoms. The number of halogens is 1. The van der Waals surface area contributed by atoms with Gasteiger partial charge in [-0.2, -0.15) is 0 Å². The Bertz CT molecular complexity index is 331. The minimum atomic E-state index is 0.541. The first-order valence-corrected chi connectivity index (χ1v) is 6.76. The zero-order valence-electron chi connectivity index (χ0n) is 10.2. The molecule has 2 N–H and O–H groups in total. The van der Waals surface area contributed by atoms with Crippen molar-refractivity contribution in [2.75, 3.05) is 19.8 Å². The molecule has 0 aliphatic heterocycles. The van der Waals surface area contributed by atoms with Gasteiger partial charge in [0.25, 0.3) is 0 Å². The van der Waals surface area contributed by atoms with Gasteiger partial charge in [-0.05, 0) is 40.0 Å². The summed E-state index contributed by atoms with van der Waals surface area (Å²) in [6.45, 7) is 4.71. The van der Waals surface area contributed by atoms with Crippen molar-refractivity contribution in [3.63, 3.8) is 0 Å². The molecule has 0 aliphatic carbocycles. The first-order valence-electron chi connectivity index (χ1n) is 5.97. The Kier molecular flexibility index (Phi) is 7.24. The van der Waals surface area contributed by atoms with Gasteiger partial charge >= 0.3 is 0 Å². The Labute approximate surface area is 111 Å². The average molecular weight is 302 g/mol. The summed E-state index contributed by atoms with van der Waals surface area (Å²) in [5.41, 5.74) is 6.64. The SMILES string of the molecule is CCCCOCCOc1ccc(CN)cc1Br. The molecule has 96 valence electrons. The van der Waals surface area contributed by atoms with Crippen LogP contribution < -0.4 is 10.5 Å². The van der Waals surface area contributed by atoms with E-state index in [1.807, 2.05) is 18.2 Å². The number of nitrogens with two attached hydrogens (primary N) is 1. The lowest BCUT2D eigenvalue weighted by Gasteiger charge is -2.09. The van der Waals surface area contributed by atoms with E-state index in [4.69, 9.17) is 15.2 Å². The number of benzene rings is 1. The van der Waals surface area contributed by atoms with Gasteiger partial charge in [-0.3, -0.25) is 0 Å². The van der Waals surface area contributed by atoms with Crippen molar-refractivity contribution in [3.8, 4) is 5.75 Å². The molecule has 0 amide bonds.